The summed E-state index contributed by atoms with van der Waals surface area (Å²) in [5.74, 6) is 4.08. The van der Waals surface area contributed by atoms with Gasteiger partial charge in [0.15, 0.2) is 11.6 Å². The largest absolute Gasteiger partial charge is 0.490 e. The molecule has 0 radical (unpaired) electrons. The Kier molecular flexibility index (Phi) is 9.65. The Labute approximate surface area is 200 Å². The van der Waals surface area contributed by atoms with Crippen LogP contribution in [0.1, 0.15) is 87.0 Å². The van der Waals surface area contributed by atoms with Crippen LogP contribution in [0.15, 0.2) is 43.0 Å². The number of hydrogen-bond acceptors (Lipinski definition) is 2. The molecule has 5 heteroatoms. The van der Waals surface area contributed by atoms with E-state index in [2.05, 4.69) is 18.4 Å². The number of aliphatic hydroxyl groups excluding tert-OH is 1. The number of aliphatic hydroxyl groups is 1. The van der Waals surface area contributed by atoms with E-state index in [0.717, 1.165) is 25.7 Å². The van der Waals surface area contributed by atoms with Gasteiger partial charge in [-0.05, 0) is 74.6 Å². The van der Waals surface area contributed by atoms with Crippen LogP contribution in [0, 0.1) is 35.2 Å². The Hall–Kier alpha value is -2.71. The van der Waals surface area contributed by atoms with E-state index in [1.807, 2.05) is 6.92 Å². The fourth-order valence-electron chi connectivity index (χ4n) is 4.42. The Morgan fingerprint density at radius 2 is 1.88 bits per heavy atom. The van der Waals surface area contributed by atoms with Gasteiger partial charge in [-0.2, -0.15) is 4.39 Å². The fourth-order valence-corrected chi connectivity index (χ4v) is 4.42. The highest BCUT2D eigenvalue weighted by molar-refractivity contribution is 5.38. The second-order valence-electron chi connectivity index (χ2n) is 8.92. The first-order valence-corrected chi connectivity index (χ1v) is 12.1. The monoisotopic (exact) mass is 470 g/mol. The van der Waals surface area contributed by atoms with Crippen LogP contribution in [0.2, 0.25) is 0 Å². The first-order chi connectivity index (χ1) is 16.4. The lowest BCUT2D eigenvalue weighted by molar-refractivity contribution is 0.162. The molecular formula is C29H33F3O2. The van der Waals surface area contributed by atoms with Crippen LogP contribution in [0.5, 0.6) is 5.75 Å². The molecule has 1 saturated carbocycles. The first kappa shape index (κ1) is 25.9. The first-order valence-electron chi connectivity index (χ1n) is 12.1. The predicted molar refractivity (Wildman–Crippen MR) is 129 cm³/mol. The SMILES string of the molecule is C=CCCCOc1ccc(C2CCC(C#Cc3ccc(C(O)CCC)c(F)c3)CC2)c(F)c1F. The summed E-state index contributed by atoms with van der Waals surface area (Å²) in [4.78, 5) is 0. The fraction of sp³-hybridized carbons (Fsp3) is 0.448. The molecule has 1 fully saturated rings. The van der Waals surface area contributed by atoms with Gasteiger partial charge in [0.2, 0.25) is 5.82 Å². The van der Waals surface area contributed by atoms with Gasteiger partial charge >= 0.3 is 0 Å². The van der Waals surface area contributed by atoms with Crippen molar-refractivity contribution in [2.24, 2.45) is 5.92 Å². The van der Waals surface area contributed by atoms with Crippen molar-refractivity contribution in [2.75, 3.05) is 6.61 Å². The smallest absolute Gasteiger partial charge is 0.200 e. The van der Waals surface area contributed by atoms with Gasteiger partial charge in [-0.15, -0.1) is 6.58 Å². The van der Waals surface area contributed by atoms with Crippen LogP contribution in [0.3, 0.4) is 0 Å². The van der Waals surface area contributed by atoms with Crippen molar-refractivity contribution in [3.63, 3.8) is 0 Å². The molecule has 34 heavy (non-hydrogen) atoms. The van der Waals surface area contributed by atoms with E-state index in [-0.39, 0.29) is 17.6 Å². The molecule has 1 N–H and O–H groups in total. The standard InChI is InChI=1S/C29H33F3O2/c1-3-5-6-18-34-27-17-16-23(28(31)29(27)32)22-13-10-20(11-14-22)8-9-21-12-15-24(25(30)19-21)26(33)7-4-2/h3,12,15-17,19-20,22,26,33H,1,4-7,10-11,13-14,18H2,2H3. The number of benzene rings is 2. The minimum absolute atomic E-state index is 0.0506. The van der Waals surface area contributed by atoms with Crippen molar-refractivity contribution in [2.45, 2.75) is 70.3 Å². The minimum atomic E-state index is -0.924. The molecule has 0 aliphatic heterocycles. The Morgan fingerprint density at radius 3 is 2.56 bits per heavy atom. The summed E-state index contributed by atoms with van der Waals surface area (Å²) in [5, 5.41) is 10.0. The van der Waals surface area contributed by atoms with Crippen molar-refractivity contribution in [1.29, 1.82) is 0 Å². The average molecular weight is 471 g/mol. The number of unbranched alkanes of at least 4 members (excludes halogenated alkanes) is 1. The lowest BCUT2D eigenvalue weighted by atomic mass is 9.78. The van der Waals surface area contributed by atoms with Crippen molar-refractivity contribution in [3.05, 3.63) is 77.1 Å². The molecule has 1 unspecified atom stereocenters. The van der Waals surface area contributed by atoms with E-state index in [0.29, 0.717) is 49.0 Å². The molecule has 0 bridgehead atoms. The molecule has 1 aliphatic carbocycles. The van der Waals surface area contributed by atoms with Gasteiger partial charge in [-0.1, -0.05) is 43.4 Å². The highest BCUT2D eigenvalue weighted by Crippen LogP contribution is 2.38. The third-order valence-corrected chi connectivity index (χ3v) is 6.40. The zero-order valence-electron chi connectivity index (χ0n) is 19.8. The maximum absolute atomic E-state index is 14.7. The Balaban J connectivity index is 1.58. The van der Waals surface area contributed by atoms with Gasteiger partial charge in [-0.3, -0.25) is 0 Å². The third-order valence-electron chi connectivity index (χ3n) is 6.40. The quantitative estimate of drug-likeness (QED) is 0.232. The summed E-state index contributed by atoms with van der Waals surface area (Å²) in [7, 11) is 0. The molecule has 2 aromatic rings. The third kappa shape index (κ3) is 6.67. The lowest BCUT2D eigenvalue weighted by Crippen LogP contribution is -2.14. The normalized spacial score (nSPS) is 18.6. The van der Waals surface area contributed by atoms with E-state index >= 15 is 0 Å². The summed E-state index contributed by atoms with van der Waals surface area (Å²) >= 11 is 0. The van der Waals surface area contributed by atoms with Crippen molar-refractivity contribution >= 4 is 0 Å². The second kappa shape index (κ2) is 12.7. The molecule has 182 valence electrons. The van der Waals surface area contributed by atoms with Crippen LogP contribution in [0.25, 0.3) is 0 Å². The maximum atomic E-state index is 14.7. The number of ether oxygens (including phenoxy) is 1. The van der Waals surface area contributed by atoms with E-state index in [1.54, 1.807) is 24.3 Å². The van der Waals surface area contributed by atoms with Gasteiger partial charge in [0, 0.05) is 17.0 Å². The van der Waals surface area contributed by atoms with Gasteiger partial charge < -0.3 is 9.84 Å². The second-order valence-corrected chi connectivity index (χ2v) is 8.92. The summed E-state index contributed by atoms with van der Waals surface area (Å²) < 4.78 is 48.9. The molecule has 1 aliphatic rings. The molecule has 0 heterocycles. The summed E-state index contributed by atoms with van der Waals surface area (Å²) in [6.07, 6.45) is 6.69. The van der Waals surface area contributed by atoms with E-state index < -0.39 is 23.6 Å². The van der Waals surface area contributed by atoms with Gasteiger partial charge in [0.1, 0.15) is 5.82 Å². The number of allylic oxidation sites excluding steroid dienone is 1. The summed E-state index contributed by atoms with van der Waals surface area (Å²) in [6, 6.07) is 7.85. The van der Waals surface area contributed by atoms with E-state index in [4.69, 9.17) is 4.74 Å². The predicted octanol–water partition coefficient (Wildman–Crippen LogP) is 7.61. The Bertz CT molecular complexity index is 1030. The molecule has 3 rings (SSSR count). The van der Waals surface area contributed by atoms with Gasteiger partial charge in [0.25, 0.3) is 0 Å². The average Bonchev–Trinajstić information content (AvgIpc) is 2.83. The van der Waals surface area contributed by atoms with Crippen molar-refractivity contribution < 1.29 is 23.0 Å². The number of hydrogen-bond donors (Lipinski definition) is 1. The highest BCUT2D eigenvalue weighted by atomic mass is 19.2. The number of halogens is 3. The van der Waals surface area contributed by atoms with Gasteiger partial charge in [-0.25, -0.2) is 8.78 Å². The van der Waals surface area contributed by atoms with Gasteiger partial charge in [0.05, 0.1) is 12.7 Å². The molecular weight excluding hydrogens is 437 g/mol. The number of rotatable bonds is 9. The zero-order chi connectivity index (χ0) is 24.5. The van der Waals surface area contributed by atoms with E-state index in [1.165, 1.54) is 12.1 Å². The summed E-state index contributed by atoms with van der Waals surface area (Å²) in [6.45, 7) is 5.89. The molecule has 2 aromatic carbocycles. The molecule has 1 atom stereocenters. The van der Waals surface area contributed by atoms with Crippen LogP contribution in [-0.4, -0.2) is 11.7 Å². The van der Waals surface area contributed by atoms with Crippen LogP contribution >= 0.6 is 0 Å². The van der Waals surface area contributed by atoms with Crippen molar-refractivity contribution in [1.82, 2.24) is 0 Å². The van der Waals surface area contributed by atoms with Crippen molar-refractivity contribution in [3.8, 4) is 17.6 Å². The van der Waals surface area contributed by atoms with E-state index in [9.17, 15) is 18.3 Å². The summed E-state index contributed by atoms with van der Waals surface area (Å²) in [5.41, 5.74) is 1.27. The molecule has 0 saturated heterocycles. The van der Waals surface area contributed by atoms with Crippen LogP contribution < -0.4 is 4.74 Å². The lowest BCUT2D eigenvalue weighted by Gasteiger charge is -2.26. The topological polar surface area (TPSA) is 29.5 Å². The van der Waals surface area contributed by atoms with Crippen LogP contribution in [-0.2, 0) is 0 Å². The van der Waals surface area contributed by atoms with Crippen LogP contribution in [0.4, 0.5) is 13.2 Å². The zero-order valence-corrected chi connectivity index (χ0v) is 19.8. The molecule has 0 amide bonds. The minimum Gasteiger partial charge on any atom is -0.490 e. The highest BCUT2D eigenvalue weighted by Gasteiger charge is 2.26. The Morgan fingerprint density at radius 1 is 1.12 bits per heavy atom. The maximum Gasteiger partial charge on any atom is 0.200 e. The molecule has 0 aromatic heterocycles. The molecule has 0 spiro atoms. The molecule has 2 nitrogen and oxygen atoms in total.